The average molecular weight is 238 g/mol. The second kappa shape index (κ2) is 4.98. The number of likely N-dealkylation sites (N-methyl/N-ethyl adjacent to an activating group) is 1. The van der Waals surface area contributed by atoms with E-state index in [2.05, 4.69) is 4.90 Å². The van der Waals surface area contributed by atoms with E-state index in [4.69, 9.17) is 11.6 Å². The largest absolute Gasteiger partial charge is 0.298 e. The summed E-state index contributed by atoms with van der Waals surface area (Å²) >= 11 is 5.93. The SMILES string of the molecule is CN(Cc1cccc(Cl)c1)C1CCCC1=O. The lowest BCUT2D eigenvalue weighted by atomic mass is 10.1. The van der Waals surface area contributed by atoms with Gasteiger partial charge in [0, 0.05) is 18.0 Å². The Morgan fingerprint density at radius 1 is 1.50 bits per heavy atom. The van der Waals surface area contributed by atoms with E-state index < -0.39 is 0 Å². The fourth-order valence-corrected chi connectivity index (χ4v) is 2.51. The number of hydrogen-bond acceptors (Lipinski definition) is 2. The maximum absolute atomic E-state index is 11.6. The number of ketones is 1. The molecular formula is C13H16ClNO. The van der Waals surface area contributed by atoms with E-state index in [0.717, 1.165) is 36.4 Å². The summed E-state index contributed by atoms with van der Waals surface area (Å²) in [4.78, 5) is 13.7. The molecule has 0 N–H and O–H groups in total. The van der Waals surface area contributed by atoms with Crippen LogP contribution in [0.25, 0.3) is 0 Å². The van der Waals surface area contributed by atoms with Crippen LogP contribution in [0.1, 0.15) is 24.8 Å². The molecule has 1 aromatic carbocycles. The molecule has 0 aliphatic heterocycles. The molecule has 86 valence electrons. The zero-order chi connectivity index (χ0) is 11.5. The molecule has 0 saturated heterocycles. The molecule has 3 heteroatoms. The molecule has 1 aliphatic carbocycles. The zero-order valence-corrected chi connectivity index (χ0v) is 10.2. The summed E-state index contributed by atoms with van der Waals surface area (Å²) in [6.07, 6.45) is 2.77. The van der Waals surface area contributed by atoms with Gasteiger partial charge in [0.1, 0.15) is 5.78 Å². The summed E-state index contributed by atoms with van der Waals surface area (Å²) in [5.74, 6) is 0.379. The summed E-state index contributed by atoms with van der Waals surface area (Å²) < 4.78 is 0. The maximum Gasteiger partial charge on any atom is 0.149 e. The Balaban J connectivity index is 2.01. The van der Waals surface area contributed by atoms with Crippen molar-refractivity contribution in [2.75, 3.05) is 7.05 Å². The lowest BCUT2D eigenvalue weighted by Gasteiger charge is -2.22. The van der Waals surface area contributed by atoms with E-state index in [1.807, 2.05) is 31.3 Å². The summed E-state index contributed by atoms with van der Waals surface area (Å²) in [6.45, 7) is 0.789. The van der Waals surface area contributed by atoms with Gasteiger partial charge in [0.25, 0.3) is 0 Å². The van der Waals surface area contributed by atoms with E-state index in [9.17, 15) is 4.79 Å². The highest BCUT2D eigenvalue weighted by Gasteiger charge is 2.27. The molecule has 0 bridgehead atoms. The number of benzene rings is 1. The number of nitrogens with zero attached hydrogens (tertiary/aromatic N) is 1. The highest BCUT2D eigenvalue weighted by molar-refractivity contribution is 6.30. The fourth-order valence-electron chi connectivity index (χ4n) is 2.30. The lowest BCUT2D eigenvalue weighted by Crippen LogP contribution is -2.34. The van der Waals surface area contributed by atoms with Crippen molar-refractivity contribution in [3.8, 4) is 0 Å². The van der Waals surface area contributed by atoms with E-state index in [1.54, 1.807) is 0 Å². The van der Waals surface area contributed by atoms with Gasteiger partial charge in [-0.1, -0.05) is 23.7 Å². The molecule has 1 aromatic rings. The third-order valence-electron chi connectivity index (χ3n) is 3.13. The first-order chi connectivity index (χ1) is 7.66. The minimum Gasteiger partial charge on any atom is -0.298 e. The highest BCUT2D eigenvalue weighted by atomic mass is 35.5. The number of carbonyl (C=O) groups is 1. The predicted octanol–water partition coefficient (Wildman–Crippen LogP) is 2.89. The van der Waals surface area contributed by atoms with Crippen LogP contribution < -0.4 is 0 Å². The second-order valence-corrected chi connectivity index (χ2v) is 4.86. The van der Waals surface area contributed by atoms with Crippen LogP contribution in [0.5, 0.6) is 0 Å². The van der Waals surface area contributed by atoms with Crippen LogP contribution in [0.3, 0.4) is 0 Å². The number of carbonyl (C=O) groups excluding carboxylic acids is 1. The van der Waals surface area contributed by atoms with Crippen LogP contribution in [0.4, 0.5) is 0 Å². The first-order valence-electron chi connectivity index (χ1n) is 5.64. The van der Waals surface area contributed by atoms with Crippen molar-refractivity contribution in [1.82, 2.24) is 4.90 Å². The van der Waals surface area contributed by atoms with Gasteiger partial charge in [-0.15, -0.1) is 0 Å². The van der Waals surface area contributed by atoms with Crippen LogP contribution in [0.15, 0.2) is 24.3 Å². The molecule has 2 nitrogen and oxygen atoms in total. The van der Waals surface area contributed by atoms with Crippen molar-refractivity contribution >= 4 is 17.4 Å². The van der Waals surface area contributed by atoms with E-state index in [1.165, 1.54) is 0 Å². The molecule has 0 spiro atoms. The topological polar surface area (TPSA) is 20.3 Å². The van der Waals surface area contributed by atoms with Gasteiger partial charge in [0.05, 0.1) is 6.04 Å². The van der Waals surface area contributed by atoms with Crippen LogP contribution in [-0.4, -0.2) is 23.8 Å². The van der Waals surface area contributed by atoms with Crippen molar-refractivity contribution < 1.29 is 4.79 Å². The van der Waals surface area contributed by atoms with Crippen molar-refractivity contribution in [3.05, 3.63) is 34.9 Å². The van der Waals surface area contributed by atoms with Gasteiger partial charge in [-0.2, -0.15) is 0 Å². The standard InChI is InChI=1S/C13H16ClNO/c1-15(12-6-3-7-13(12)16)9-10-4-2-5-11(14)8-10/h2,4-5,8,12H,3,6-7,9H2,1H3. The minimum absolute atomic E-state index is 0.110. The van der Waals surface area contributed by atoms with Crippen LogP contribution in [0.2, 0.25) is 5.02 Å². The van der Waals surface area contributed by atoms with Gasteiger partial charge in [-0.25, -0.2) is 0 Å². The first-order valence-corrected chi connectivity index (χ1v) is 6.02. The quantitative estimate of drug-likeness (QED) is 0.806. The maximum atomic E-state index is 11.6. The summed E-state index contributed by atoms with van der Waals surface area (Å²) in [5.41, 5.74) is 1.16. The fraction of sp³-hybridized carbons (Fsp3) is 0.462. The molecule has 1 atom stereocenters. The molecule has 0 heterocycles. The van der Waals surface area contributed by atoms with E-state index in [0.29, 0.717) is 5.78 Å². The van der Waals surface area contributed by atoms with Crippen LogP contribution in [0, 0.1) is 0 Å². The molecule has 16 heavy (non-hydrogen) atoms. The zero-order valence-electron chi connectivity index (χ0n) is 9.45. The third kappa shape index (κ3) is 2.63. The summed E-state index contributed by atoms with van der Waals surface area (Å²) in [7, 11) is 2.01. The van der Waals surface area contributed by atoms with Gasteiger partial charge in [0.2, 0.25) is 0 Å². The predicted molar refractivity (Wildman–Crippen MR) is 65.6 cm³/mol. The molecule has 0 amide bonds. The third-order valence-corrected chi connectivity index (χ3v) is 3.36. The number of hydrogen-bond donors (Lipinski definition) is 0. The first kappa shape index (κ1) is 11.6. The van der Waals surface area contributed by atoms with Gasteiger partial charge >= 0.3 is 0 Å². The Bertz CT molecular complexity index is 391. The molecule has 0 radical (unpaired) electrons. The summed E-state index contributed by atoms with van der Waals surface area (Å²) in [5, 5.41) is 0.753. The number of halogens is 1. The number of Topliss-reactive ketones (excluding diaryl/α,β-unsaturated/α-hetero) is 1. The lowest BCUT2D eigenvalue weighted by molar-refractivity contribution is -0.121. The molecule has 1 aliphatic rings. The Kier molecular flexibility index (Phi) is 3.62. The average Bonchev–Trinajstić information content (AvgIpc) is 2.64. The Labute approximate surface area is 101 Å². The van der Waals surface area contributed by atoms with E-state index in [-0.39, 0.29) is 6.04 Å². The van der Waals surface area contributed by atoms with Crippen molar-refractivity contribution in [2.24, 2.45) is 0 Å². The van der Waals surface area contributed by atoms with Gasteiger partial charge in [-0.05, 0) is 37.6 Å². The molecule has 2 rings (SSSR count). The van der Waals surface area contributed by atoms with Crippen LogP contribution in [-0.2, 0) is 11.3 Å². The summed E-state index contributed by atoms with van der Waals surface area (Å²) in [6, 6.07) is 7.92. The minimum atomic E-state index is 0.110. The second-order valence-electron chi connectivity index (χ2n) is 4.42. The monoisotopic (exact) mass is 237 g/mol. The van der Waals surface area contributed by atoms with Crippen molar-refractivity contribution in [1.29, 1.82) is 0 Å². The normalized spacial score (nSPS) is 20.7. The van der Waals surface area contributed by atoms with Crippen LogP contribution >= 0.6 is 11.6 Å². The highest BCUT2D eigenvalue weighted by Crippen LogP contribution is 2.21. The van der Waals surface area contributed by atoms with Crippen molar-refractivity contribution in [3.63, 3.8) is 0 Å². The van der Waals surface area contributed by atoms with Crippen molar-refractivity contribution in [2.45, 2.75) is 31.8 Å². The molecule has 0 aromatic heterocycles. The molecule has 1 saturated carbocycles. The van der Waals surface area contributed by atoms with E-state index >= 15 is 0 Å². The Morgan fingerprint density at radius 3 is 2.94 bits per heavy atom. The Hall–Kier alpha value is -0.860. The Morgan fingerprint density at radius 2 is 2.31 bits per heavy atom. The molecule has 1 unspecified atom stereocenters. The van der Waals surface area contributed by atoms with Gasteiger partial charge in [0.15, 0.2) is 0 Å². The molecular weight excluding hydrogens is 222 g/mol. The number of rotatable bonds is 3. The van der Waals surface area contributed by atoms with Gasteiger partial charge < -0.3 is 0 Å². The van der Waals surface area contributed by atoms with Gasteiger partial charge in [-0.3, -0.25) is 9.69 Å². The smallest absolute Gasteiger partial charge is 0.149 e. The molecule has 1 fully saturated rings.